The Kier molecular flexibility index (Phi) is 5.50. The van der Waals surface area contributed by atoms with Crippen LogP contribution >= 0.6 is 15.9 Å². The molecule has 1 saturated heterocycles. The SMILES string of the molecule is O=C1C(=O)N(Cc2ccccc2)[C@H](c2cccc(F)c2)C1=C(O)c1ccc(Br)cc1. The van der Waals surface area contributed by atoms with E-state index in [1.165, 1.54) is 23.1 Å². The average molecular weight is 466 g/mol. The Morgan fingerprint density at radius 1 is 0.967 bits per heavy atom. The van der Waals surface area contributed by atoms with E-state index < -0.39 is 23.5 Å². The number of ketones is 1. The number of likely N-dealkylation sites (tertiary alicyclic amines) is 1. The van der Waals surface area contributed by atoms with Crippen LogP contribution in [0.5, 0.6) is 0 Å². The summed E-state index contributed by atoms with van der Waals surface area (Å²) in [7, 11) is 0. The number of aliphatic hydroxyl groups is 1. The number of carbonyl (C=O) groups is 2. The highest BCUT2D eigenvalue weighted by atomic mass is 79.9. The first-order chi connectivity index (χ1) is 14.5. The van der Waals surface area contributed by atoms with E-state index in [0.717, 1.165) is 10.0 Å². The molecular formula is C24H17BrFNO3. The van der Waals surface area contributed by atoms with E-state index >= 15 is 0 Å². The fraction of sp³-hybridized carbons (Fsp3) is 0.0833. The van der Waals surface area contributed by atoms with Gasteiger partial charge in [0.05, 0.1) is 11.6 Å². The number of aliphatic hydroxyl groups excluding tert-OH is 1. The molecule has 1 heterocycles. The van der Waals surface area contributed by atoms with Crippen molar-refractivity contribution in [3.8, 4) is 0 Å². The Balaban J connectivity index is 1.87. The van der Waals surface area contributed by atoms with E-state index in [-0.39, 0.29) is 17.9 Å². The Morgan fingerprint density at radius 3 is 2.33 bits per heavy atom. The summed E-state index contributed by atoms with van der Waals surface area (Å²) in [6.45, 7) is 0.156. The number of Topliss-reactive ketones (excluding diaryl/α,β-unsaturated/α-hetero) is 1. The van der Waals surface area contributed by atoms with Gasteiger partial charge in [0.15, 0.2) is 0 Å². The highest BCUT2D eigenvalue weighted by Gasteiger charge is 2.46. The van der Waals surface area contributed by atoms with Gasteiger partial charge in [-0.05, 0) is 35.4 Å². The van der Waals surface area contributed by atoms with Crippen LogP contribution in [0.25, 0.3) is 5.76 Å². The number of benzene rings is 3. The lowest BCUT2D eigenvalue weighted by atomic mass is 9.95. The molecule has 1 aliphatic rings. The minimum atomic E-state index is -0.899. The molecule has 150 valence electrons. The second kappa shape index (κ2) is 8.24. The minimum Gasteiger partial charge on any atom is -0.507 e. The van der Waals surface area contributed by atoms with Crippen molar-refractivity contribution >= 4 is 33.4 Å². The zero-order valence-corrected chi connectivity index (χ0v) is 17.3. The fourth-order valence-electron chi connectivity index (χ4n) is 3.61. The van der Waals surface area contributed by atoms with Gasteiger partial charge in [0, 0.05) is 16.6 Å². The molecule has 1 atom stereocenters. The first-order valence-electron chi connectivity index (χ1n) is 9.29. The second-order valence-corrected chi connectivity index (χ2v) is 7.89. The highest BCUT2D eigenvalue weighted by Crippen LogP contribution is 2.40. The number of hydrogen-bond acceptors (Lipinski definition) is 3. The molecule has 0 saturated carbocycles. The molecule has 30 heavy (non-hydrogen) atoms. The summed E-state index contributed by atoms with van der Waals surface area (Å²) in [6, 6.07) is 20.8. The Morgan fingerprint density at radius 2 is 1.67 bits per heavy atom. The maximum Gasteiger partial charge on any atom is 0.295 e. The lowest BCUT2D eigenvalue weighted by Crippen LogP contribution is -2.29. The van der Waals surface area contributed by atoms with E-state index in [9.17, 15) is 19.1 Å². The van der Waals surface area contributed by atoms with Crippen LogP contribution in [0, 0.1) is 5.82 Å². The molecule has 0 radical (unpaired) electrons. The molecule has 1 aliphatic heterocycles. The molecule has 0 unspecified atom stereocenters. The third-order valence-electron chi connectivity index (χ3n) is 5.02. The molecule has 0 aliphatic carbocycles. The van der Waals surface area contributed by atoms with Gasteiger partial charge in [-0.2, -0.15) is 0 Å². The summed E-state index contributed by atoms with van der Waals surface area (Å²) >= 11 is 3.33. The fourth-order valence-corrected chi connectivity index (χ4v) is 3.87. The van der Waals surface area contributed by atoms with E-state index in [2.05, 4.69) is 15.9 Å². The molecule has 0 spiro atoms. The highest BCUT2D eigenvalue weighted by molar-refractivity contribution is 9.10. The van der Waals surface area contributed by atoms with Crippen LogP contribution in [0.3, 0.4) is 0 Å². The number of carbonyl (C=O) groups excluding carboxylic acids is 2. The zero-order valence-electron chi connectivity index (χ0n) is 15.8. The van der Waals surface area contributed by atoms with Gasteiger partial charge in [-0.3, -0.25) is 9.59 Å². The van der Waals surface area contributed by atoms with Crippen molar-refractivity contribution in [2.45, 2.75) is 12.6 Å². The standard InChI is InChI=1S/C24H17BrFNO3/c25-18-11-9-16(10-12-18)22(28)20-21(17-7-4-8-19(26)13-17)27(24(30)23(20)29)14-15-5-2-1-3-6-15/h1-13,21,28H,14H2/t21-/m1/s1. The molecule has 1 N–H and O–H groups in total. The Hall–Kier alpha value is -3.25. The summed E-state index contributed by atoms with van der Waals surface area (Å²) < 4.78 is 14.8. The lowest BCUT2D eigenvalue weighted by Gasteiger charge is -2.25. The normalized spacial score (nSPS) is 18.1. The second-order valence-electron chi connectivity index (χ2n) is 6.97. The smallest absolute Gasteiger partial charge is 0.295 e. The van der Waals surface area contributed by atoms with Crippen LogP contribution in [0.2, 0.25) is 0 Å². The Labute approximate surface area is 181 Å². The summed E-state index contributed by atoms with van der Waals surface area (Å²) in [5.41, 5.74) is 1.59. The first-order valence-corrected chi connectivity index (χ1v) is 10.1. The predicted octanol–water partition coefficient (Wildman–Crippen LogP) is 5.21. The van der Waals surface area contributed by atoms with Crippen LogP contribution in [0.15, 0.2) is 88.9 Å². The summed E-state index contributed by atoms with van der Waals surface area (Å²) in [5, 5.41) is 11.0. The summed E-state index contributed by atoms with van der Waals surface area (Å²) in [4.78, 5) is 27.2. The molecule has 0 bridgehead atoms. The van der Waals surface area contributed by atoms with Crippen molar-refractivity contribution in [1.82, 2.24) is 4.90 Å². The molecule has 4 nitrogen and oxygen atoms in total. The van der Waals surface area contributed by atoms with E-state index in [1.807, 2.05) is 30.3 Å². The largest absolute Gasteiger partial charge is 0.507 e. The van der Waals surface area contributed by atoms with Crippen molar-refractivity contribution in [1.29, 1.82) is 0 Å². The first kappa shape index (κ1) is 20.0. The average Bonchev–Trinajstić information content (AvgIpc) is 2.99. The minimum absolute atomic E-state index is 0.0520. The van der Waals surface area contributed by atoms with Crippen molar-refractivity contribution < 1.29 is 19.1 Å². The van der Waals surface area contributed by atoms with Crippen molar-refractivity contribution in [2.75, 3.05) is 0 Å². The van der Waals surface area contributed by atoms with Crippen molar-refractivity contribution in [2.24, 2.45) is 0 Å². The van der Waals surface area contributed by atoms with Gasteiger partial charge in [0.2, 0.25) is 0 Å². The topological polar surface area (TPSA) is 57.6 Å². The maximum atomic E-state index is 14.0. The van der Waals surface area contributed by atoms with Gasteiger partial charge in [-0.25, -0.2) is 4.39 Å². The van der Waals surface area contributed by atoms with Crippen LogP contribution in [0.1, 0.15) is 22.7 Å². The number of halogens is 2. The lowest BCUT2D eigenvalue weighted by molar-refractivity contribution is -0.140. The number of amides is 1. The van der Waals surface area contributed by atoms with Gasteiger partial charge >= 0.3 is 0 Å². The third kappa shape index (κ3) is 3.78. The summed E-state index contributed by atoms with van der Waals surface area (Å²) in [5.74, 6) is -2.29. The summed E-state index contributed by atoms with van der Waals surface area (Å²) in [6.07, 6.45) is 0. The van der Waals surface area contributed by atoms with Crippen LogP contribution < -0.4 is 0 Å². The molecule has 0 aromatic heterocycles. The Bertz CT molecular complexity index is 1140. The monoisotopic (exact) mass is 465 g/mol. The number of nitrogens with zero attached hydrogens (tertiary/aromatic N) is 1. The van der Waals surface area contributed by atoms with Gasteiger partial charge in [-0.15, -0.1) is 0 Å². The predicted molar refractivity (Wildman–Crippen MR) is 115 cm³/mol. The van der Waals surface area contributed by atoms with Crippen LogP contribution in [-0.2, 0) is 16.1 Å². The molecule has 1 fully saturated rings. The number of hydrogen-bond donors (Lipinski definition) is 1. The molecular weight excluding hydrogens is 449 g/mol. The molecule has 4 rings (SSSR count). The van der Waals surface area contributed by atoms with Crippen LogP contribution in [-0.4, -0.2) is 21.7 Å². The van der Waals surface area contributed by atoms with Crippen molar-refractivity contribution in [3.63, 3.8) is 0 Å². The van der Waals surface area contributed by atoms with E-state index in [0.29, 0.717) is 11.1 Å². The van der Waals surface area contributed by atoms with Gasteiger partial charge in [0.1, 0.15) is 11.6 Å². The zero-order chi connectivity index (χ0) is 21.3. The number of rotatable bonds is 4. The quantitative estimate of drug-likeness (QED) is 0.326. The molecule has 3 aromatic carbocycles. The third-order valence-corrected chi connectivity index (χ3v) is 5.55. The van der Waals surface area contributed by atoms with Crippen molar-refractivity contribution in [3.05, 3.63) is 111 Å². The van der Waals surface area contributed by atoms with Gasteiger partial charge in [0.25, 0.3) is 11.7 Å². The van der Waals surface area contributed by atoms with E-state index in [1.54, 1.807) is 30.3 Å². The van der Waals surface area contributed by atoms with Gasteiger partial charge < -0.3 is 10.0 Å². The molecule has 6 heteroatoms. The van der Waals surface area contributed by atoms with E-state index in [4.69, 9.17) is 0 Å². The molecule has 3 aromatic rings. The van der Waals surface area contributed by atoms with Crippen LogP contribution in [0.4, 0.5) is 4.39 Å². The maximum absolute atomic E-state index is 14.0. The van der Waals surface area contributed by atoms with Gasteiger partial charge in [-0.1, -0.05) is 70.5 Å². The molecule has 1 amide bonds.